The molecule has 1 heterocycles. The second-order valence-electron chi connectivity index (χ2n) is 4.95. The fraction of sp³-hybridized carbons (Fsp3) is 0.312. The van der Waals surface area contributed by atoms with Gasteiger partial charge in [-0.05, 0) is 35.9 Å². The predicted octanol–water partition coefficient (Wildman–Crippen LogP) is 3.29. The quantitative estimate of drug-likeness (QED) is 0.798. The Hall–Kier alpha value is -1.79. The zero-order chi connectivity index (χ0) is 16.8. The Bertz CT molecular complexity index is 660. The zero-order valence-corrected chi connectivity index (χ0v) is 14.2. The van der Waals surface area contributed by atoms with Crippen LogP contribution < -0.4 is 5.32 Å². The molecule has 1 aromatic rings. The summed E-state index contributed by atoms with van der Waals surface area (Å²) in [5, 5.41) is 2.87. The maximum absolute atomic E-state index is 12.3. The summed E-state index contributed by atoms with van der Waals surface area (Å²) < 4.78 is 0. The third kappa shape index (κ3) is 4.59. The largest absolute Gasteiger partial charge is 0.354 e. The van der Waals surface area contributed by atoms with E-state index >= 15 is 0 Å². The zero-order valence-electron chi connectivity index (χ0n) is 12.7. The van der Waals surface area contributed by atoms with Gasteiger partial charge >= 0.3 is 0 Å². The van der Waals surface area contributed by atoms with Crippen LogP contribution in [0.4, 0.5) is 4.79 Å². The molecular weight excluding hydrogens is 336 g/mol. The predicted molar refractivity (Wildman–Crippen MR) is 92.0 cm³/mol. The molecule has 1 aliphatic rings. The Kier molecular flexibility index (Phi) is 6.24. The van der Waals surface area contributed by atoms with E-state index in [2.05, 4.69) is 5.32 Å². The van der Waals surface area contributed by atoms with E-state index in [-0.39, 0.29) is 30.1 Å². The lowest BCUT2D eigenvalue weighted by Crippen LogP contribution is -2.37. The Balaban J connectivity index is 2.00. The number of hydrogen-bond donors (Lipinski definition) is 1. The van der Waals surface area contributed by atoms with Crippen molar-refractivity contribution >= 4 is 46.5 Å². The Morgan fingerprint density at radius 2 is 2.09 bits per heavy atom. The van der Waals surface area contributed by atoms with Crippen molar-refractivity contribution in [2.45, 2.75) is 19.8 Å². The first kappa shape index (κ1) is 17.6. The highest BCUT2D eigenvalue weighted by Crippen LogP contribution is 2.33. The fourth-order valence-electron chi connectivity index (χ4n) is 2.05. The van der Waals surface area contributed by atoms with Gasteiger partial charge < -0.3 is 5.32 Å². The maximum Gasteiger partial charge on any atom is 0.293 e. The molecule has 122 valence electrons. The third-order valence-electron chi connectivity index (χ3n) is 3.20. The molecule has 1 aliphatic heterocycles. The van der Waals surface area contributed by atoms with Crippen molar-refractivity contribution in [3.05, 3.63) is 39.8 Å². The van der Waals surface area contributed by atoms with Crippen LogP contribution in [-0.4, -0.2) is 35.0 Å². The summed E-state index contributed by atoms with van der Waals surface area (Å²) in [4.78, 5) is 37.1. The number of halogens is 1. The van der Waals surface area contributed by atoms with E-state index in [1.807, 2.05) is 13.0 Å². The van der Waals surface area contributed by atoms with Gasteiger partial charge in [-0.1, -0.05) is 36.7 Å². The SMILES string of the molecule is CCCC(=O)NCCN1C(=O)S/C(=C\c2ccccc2Cl)C1=O. The molecule has 0 atom stereocenters. The summed E-state index contributed by atoms with van der Waals surface area (Å²) in [6, 6.07) is 7.11. The Morgan fingerprint density at radius 3 is 2.78 bits per heavy atom. The molecule has 0 bridgehead atoms. The number of imide groups is 1. The van der Waals surface area contributed by atoms with E-state index in [9.17, 15) is 14.4 Å². The van der Waals surface area contributed by atoms with Gasteiger partial charge in [0.1, 0.15) is 0 Å². The van der Waals surface area contributed by atoms with Crippen molar-refractivity contribution in [3.63, 3.8) is 0 Å². The van der Waals surface area contributed by atoms with Crippen LogP contribution in [0.15, 0.2) is 29.2 Å². The summed E-state index contributed by atoms with van der Waals surface area (Å²) in [7, 11) is 0. The second kappa shape index (κ2) is 8.17. The maximum atomic E-state index is 12.3. The van der Waals surface area contributed by atoms with Crippen LogP contribution in [0.5, 0.6) is 0 Å². The molecule has 0 spiro atoms. The van der Waals surface area contributed by atoms with Crippen LogP contribution in [0.3, 0.4) is 0 Å². The molecule has 3 amide bonds. The first-order valence-corrected chi connectivity index (χ1v) is 8.49. The van der Waals surface area contributed by atoms with Gasteiger partial charge in [-0.15, -0.1) is 0 Å². The number of nitrogens with zero attached hydrogens (tertiary/aromatic N) is 1. The molecule has 2 rings (SSSR count). The molecule has 0 unspecified atom stereocenters. The van der Waals surface area contributed by atoms with Crippen LogP contribution >= 0.6 is 23.4 Å². The summed E-state index contributed by atoms with van der Waals surface area (Å²) >= 11 is 6.94. The van der Waals surface area contributed by atoms with Crippen LogP contribution in [0, 0.1) is 0 Å². The monoisotopic (exact) mass is 352 g/mol. The van der Waals surface area contributed by atoms with Gasteiger partial charge in [-0.25, -0.2) is 0 Å². The van der Waals surface area contributed by atoms with Gasteiger partial charge in [0.05, 0.1) is 4.91 Å². The van der Waals surface area contributed by atoms with E-state index in [4.69, 9.17) is 11.6 Å². The topological polar surface area (TPSA) is 66.5 Å². The minimum absolute atomic E-state index is 0.0777. The fourth-order valence-corrected chi connectivity index (χ4v) is 3.09. The number of carbonyl (C=O) groups is 3. The number of nitrogens with one attached hydrogen (secondary N) is 1. The molecule has 0 saturated carbocycles. The summed E-state index contributed by atoms with van der Waals surface area (Å²) in [6.45, 7) is 2.34. The van der Waals surface area contributed by atoms with Crippen molar-refractivity contribution in [1.82, 2.24) is 10.2 Å². The number of carbonyl (C=O) groups excluding carboxylic acids is 3. The average Bonchev–Trinajstić information content (AvgIpc) is 2.77. The van der Waals surface area contributed by atoms with E-state index in [1.165, 1.54) is 0 Å². The first-order valence-electron chi connectivity index (χ1n) is 7.29. The Labute approximate surface area is 144 Å². The van der Waals surface area contributed by atoms with Crippen molar-refractivity contribution in [2.75, 3.05) is 13.1 Å². The standard InChI is InChI=1S/C16H17ClN2O3S/c1-2-5-14(20)18-8-9-19-15(21)13(23-16(19)22)10-11-6-3-4-7-12(11)17/h3-4,6-7,10H,2,5,8-9H2,1H3,(H,18,20)/b13-10-. The lowest BCUT2D eigenvalue weighted by molar-refractivity contribution is -0.124. The number of rotatable bonds is 6. The van der Waals surface area contributed by atoms with Crippen molar-refractivity contribution in [2.24, 2.45) is 0 Å². The number of benzene rings is 1. The second-order valence-corrected chi connectivity index (χ2v) is 6.36. The molecule has 5 nitrogen and oxygen atoms in total. The van der Waals surface area contributed by atoms with Crippen LogP contribution in [0.2, 0.25) is 5.02 Å². The van der Waals surface area contributed by atoms with Gasteiger partial charge in [0.15, 0.2) is 0 Å². The van der Waals surface area contributed by atoms with E-state index in [0.717, 1.165) is 23.1 Å². The molecule has 1 fully saturated rings. The molecule has 1 N–H and O–H groups in total. The molecule has 7 heteroatoms. The third-order valence-corrected chi connectivity index (χ3v) is 4.45. The summed E-state index contributed by atoms with van der Waals surface area (Å²) in [6.07, 6.45) is 2.81. The first-order chi connectivity index (χ1) is 11.0. The van der Waals surface area contributed by atoms with Gasteiger partial charge in [0.25, 0.3) is 11.1 Å². The molecule has 0 aliphatic carbocycles. The van der Waals surface area contributed by atoms with Crippen LogP contribution in [0.25, 0.3) is 6.08 Å². The van der Waals surface area contributed by atoms with Crippen molar-refractivity contribution in [1.29, 1.82) is 0 Å². The highest BCUT2D eigenvalue weighted by Gasteiger charge is 2.34. The van der Waals surface area contributed by atoms with Crippen molar-refractivity contribution in [3.8, 4) is 0 Å². The average molecular weight is 353 g/mol. The van der Waals surface area contributed by atoms with E-state index in [0.29, 0.717) is 21.9 Å². The lowest BCUT2D eigenvalue weighted by Gasteiger charge is -2.12. The van der Waals surface area contributed by atoms with Crippen LogP contribution in [-0.2, 0) is 9.59 Å². The molecule has 0 radical (unpaired) electrons. The van der Waals surface area contributed by atoms with E-state index in [1.54, 1.807) is 24.3 Å². The highest BCUT2D eigenvalue weighted by molar-refractivity contribution is 8.18. The van der Waals surface area contributed by atoms with Gasteiger partial charge in [0.2, 0.25) is 5.91 Å². The highest BCUT2D eigenvalue weighted by atomic mass is 35.5. The smallest absolute Gasteiger partial charge is 0.293 e. The van der Waals surface area contributed by atoms with Gasteiger partial charge in [-0.3, -0.25) is 19.3 Å². The minimum atomic E-state index is -0.357. The molecule has 1 aromatic carbocycles. The van der Waals surface area contributed by atoms with Gasteiger partial charge in [0, 0.05) is 24.5 Å². The molecule has 0 aromatic heterocycles. The lowest BCUT2D eigenvalue weighted by atomic mass is 10.2. The summed E-state index contributed by atoms with van der Waals surface area (Å²) in [5.74, 6) is -0.434. The number of hydrogen-bond acceptors (Lipinski definition) is 4. The number of amides is 3. The summed E-state index contributed by atoms with van der Waals surface area (Å²) in [5.41, 5.74) is 0.691. The van der Waals surface area contributed by atoms with Gasteiger partial charge in [-0.2, -0.15) is 0 Å². The van der Waals surface area contributed by atoms with E-state index < -0.39 is 0 Å². The van der Waals surface area contributed by atoms with Crippen molar-refractivity contribution < 1.29 is 14.4 Å². The normalized spacial score (nSPS) is 16.3. The molecule has 23 heavy (non-hydrogen) atoms. The Morgan fingerprint density at radius 1 is 1.35 bits per heavy atom. The molecule has 1 saturated heterocycles. The molecular formula is C16H17ClN2O3S. The number of thioether (sulfide) groups is 1. The minimum Gasteiger partial charge on any atom is -0.354 e. The van der Waals surface area contributed by atoms with Crippen LogP contribution in [0.1, 0.15) is 25.3 Å².